The maximum Gasteiger partial charge on any atom is 0.224 e. The minimum Gasteiger partial charge on any atom is -0.349 e. The molecule has 1 amide bonds. The van der Waals surface area contributed by atoms with Crippen molar-refractivity contribution in [3.63, 3.8) is 0 Å². The van der Waals surface area contributed by atoms with Crippen LogP contribution >= 0.6 is 12.2 Å². The summed E-state index contributed by atoms with van der Waals surface area (Å²) in [7, 11) is 0. The van der Waals surface area contributed by atoms with Gasteiger partial charge >= 0.3 is 0 Å². The molecule has 5 aliphatic carbocycles. The zero-order chi connectivity index (χ0) is 15.6. The molecule has 1 aromatic heterocycles. The van der Waals surface area contributed by atoms with Gasteiger partial charge in [-0.1, -0.05) is 0 Å². The van der Waals surface area contributed by atoms with Crippen LogP contribution in [0.25, 0.3) is 0 Å². The van der Waals surface area contributed by atoms with E-state index >= 15 is 0 Å². The normalized spacial score (nSPS) is 38.0. The number of carbonyl (C=O) groups is 1. The van der Waals surface area contributed by atoms with Crippen molar-refractivity contribution in [2.75, 3.05) is 0 Å². The van der Waals surface area contributed by atoms with Gasteiger partial charge < -0.3 is 5.32 Å². The zero-order valence-electron chi connectivity index (χ0n) is 13.3. The highest BCUT2D eigenvalue weighted by atomic mass is 32.1. The van der Waals surface area contributed by atoms with Crippen LogP contribution in [0.5, 0.6) is 0 Å². The zero-order valence-corrected chi connectivity index (χ0v) is 14.1. The Hall–Kier alpha value is -1.17. The number of H-pyrrole nitrogens is 1. The number of amides is 1. The van der Waals surface area contributed by atoms with Gasteiger partial charge in [-0.3, -0.25) is 14.5 Å². The van der Waals surface area contributed by atoms with Crippen molar-refractivity contribution in [1.82, 2.24) is 20.1 Å². The molecule has 1 aromatic rings. The molecule has 6 rings (SSSR count). The van der Waals surface area contributed by atoms with Crippen molar-refractivity contribution in [2.24, 2.45) is 29.6 Å². The lowest BCUT2D eigenvalue weighted by Gasteiger charge is -2.53. The number of rotatable bonds is 4. The predicted molar refractivity (Wildman–Crippen MR) is 88.1 cm³/mol. The molecule has 0 radical (unpaired) electrons. The Morgan fingerprint density at radius 3 is 2.43 bits per heavy atom. The van der Waals surface area contributed by atoms with Gasteiger partial charge in [-0.2, -0.15) is 5.10 Å². The first-order chi connectivity index (χ1) is 11.2. The molecule has 5 fully saturated rings. The van der Waals surface area contributed by atoms with Crippen molar-refractivity contribution in [2.45, 2.75) is 57.5 Å². The minimum atomic E-state index is 0.249. The summed E-state index contributed by atoms with van der Waals surface area (Å²) in [6.07, 6.45) is 8.90. The van der Waals surface area contributed by atoms with Crippen LogP contribution in [0.4, 0.5) is 0 Å². The van der Waals surface area contributed by atoms with Gasteiger partial charge in [-0.05, 0) is 80.8 Å². The summed E-state index contributed by atoms with van der Waals surface area (Å²) in [5, 5.41) is 10.4. The molecule has 0 spiro atoms. The first-order valence-corrected chi connectivity index (χ1v) is 9.53. The van der Waals surface area contributed by atoms with Crippen LogP contribution in [0.3, 0.4) is 0 Å². The van der Waals surface area contributed by atoms with Crippen LogP contribution in [0.1, 0.15) is 56.8 Å². The van der Waals surface area contributed by atoms with E-state index in [4.69, 9.17) is 12.2 Å². The molecular weight excluding hydrogens is 308 g/mol. The highest BCUT2D eigenvalue weighted by molar-refractivity contribution is 7.71. The molecule has 5 nitrogen and oxygen atoms in total. The Morgan fingerprint density at radius 1 is 1.17 bits per heavy atom. The summed E-state index contributed by atoms with van der Waals surface area (Å²) in [5.74, 6) is 4.48. The standard InChI is InChI=1S/C17H24N4OS/c22-16(15-11-4-9-3-10(6-11)7-12(15)5-9)18-8-14-19-20-17(23)21(14)13-1-2-13/h9-13,15H,1-8H2,(H,18,22)(H,20,23). The van der Waals surface area contributed by atoms with Gasteiger partial charge in [-0.25, -0.2) is 0 Å². The number of nitrogens with zero attached hydrogens (tertiary/aromatic N) is 2. The van der Waals surface area contributed by atoms with E-state index in [2.05, 4.69) is 20.1 Å². The minimum absolute atomic E-state index is 0.249. The van der Waals surface area contributed by atoms with Crippen molar-refractivity contribution in [3.8, 4) is 0 Å². The highest BCUT2D eigenvalue weighted by Crippen LogP contribution is 2.56. The lowest BCUT2D eigenvalue weighted by Crippen LogP contribution is -2.50. The Labute approximate surface area is 141 Å². The first-order valence-electron chi connectivity index (χ1n) is 9.12. The molecule has 2 N–H and O–H groups in total. The van der Waals surface area contributed by atoms with Crippen molar-refractivity contribution >= 4 is 18.1 Å². The number of aromatic nitrogens is 3. The second-order valence-electron chi connectivity index (χ2n) is 8.22. The topological polar surface area (TPSA) is 62.7 Å². The van der Waals surface area contributed by atoms with E-state index in [-0.39, 0.29) is 11.8 Å². The van der Waals surface area contributed by atoms with Crippen LogP contribution in [0.2, 0.25) is 0 Å². The molecule has 5 saturated carbocycles. The fraction of sp³-hybridized carbons (Fsp3) is 0.824. The van der Waals surface area contributed by atoms with Crippen LogP contribution in [-0.4, -0.2) is 20.7 Å². The smallest absolute Gasteiger partial charge is 0.224 e. The average molecular weight is 332 g/mol. The third-order valence-electron chi connectivity index (χ3n) is 6.64. The van der Waals surface area contributed by atoms with Gasteiger partial charge in [0.25, 0.3) is 0 Å². The van der Waals surface area contributed by atoms with Gasteiger partial charge in [0.15, 0.2) is 10.6 Å². The molecule has 0 atom stereocenters. The van der Waals surface area contributed by atoms with E-state index in [1.54, 1.807) is 0 Å². The third kappa shape index (κ3) is 2.37. The van der Waals surface area contributed by atoms with Gasteiger partial charge in [0.1, 0.15) is 0 Å². The fourth-order valence-electron chi connectivity index (χ4n) is 5.81. The molecule has 23 heavy (non-hydrogen) atoms. The SMILES string of the molecule is O=C(NCc1n[nH]c(=S)n1C1CC1)C1C2CC3CC(C2)CC1C3. The van der Waals surface area contributed by atoms with E-state index in [0.29, 0.717) is 29.2 Å². The van der Waals surface area contributed by atoms with E-state index in [9.17, 15) is 4.79 Å². The van der Waals surface area contributed by atoms with E-state index < -0.39 is 0 Å². The van der Waals surface area contributed by atoms with Crippen molar-refractivity contribution < 1.29 is 4.79 Å². The number of hydrogen-bond donors (Lipinski definition) is 2. The molecule has 4 bridgehead atoms. The average Bonchev–Trinajstić information content (AvgIpc) is 3.27. The summed E-state index contributed by atoms with van der Waals surface area (Å²) in [4.78, 5) is 12.8. The summed E-state index contributed by atoms with van der Waals surface area (Å²) < 4.78 is 2.78. The monoisotopic (exact) mass is 332 g/mol. The maximum atomic E-state index is 12.8. The predicted octanol–water partition coefficient (Wildman–Crippen LogP) is 2.96. The lowest BCUT2D eigenvalue weighted by molar-refractivity contribution is -0.138. The Bertz CT molecular complexity index is 661. The molecule has 0 aromatic carbocycles. The Kier molecular flexibility index (Phi) is 3.19. The molecule has 124 valence electrons. The van der Waals surface area contributed by atoms with Crippen LogP contribution in [0.15, 0.2) is 0 Å². The fourth-order valence-corrected chi connectivity index (χ4v) is 6.11. The summed E-state index contributed by atoms with van der Waals surface area (Å²) in [6.45, 7) is 0.505. The van der Waals surface area contributed by atoms with Crippen LogP contribution < -0.4 is 5.32 Å². The summed E-state index contributed by atoms with van der Waals surface area (Å²) in [6, 6.07) is 0.495. The van der Waals surface area contributed by atoms with Crippen molar-refractivity contribution in [3.05, 3.63) is 10.6 Å². The van der Waals surface area contributed by atoms with Crippen molar-refractivity contribution in [1.29, 1.82) is 0 Å². The molecule has 6 heteroatoms. The van der Waals surface area contributed by atoms with E-state index in [0.717, 1.165) is 17.7 Å². The molecular formula is C17H24N4OS. The summed E-state index contributed by atoms with van der Waals surface area (Å²) in [5.41, 5.74) is 0. The van der Waals surface area contributed by atoms with E-state index in [1.807, 2.05) is 0 Å². The second-order valence-corrected chi connectivity index (χ2v) is 8.61. The van der Waals surface area contributed by atoms with Gasteiger partial charge in [0.05, 0.1) is 6.54 Å². The molecule has 1 heterocycles. The first kappa shape index (κ1) is 14.2. The second kappa shape index (κ2) is 5.16. The number of nitrogens with one attached hydrogen (secondary N) is 2. The molecule has 0 saturated heterocycles. The molecule has 5 aliphatic rings. The lowest BCUT2D eigenvalue weighted by atomic mass is 9.51. The highest BCUT2D eigenvalue weighted by Gasteiger charge is 2.50. The Balaban J connectivity index is 1.28. The van der Waals surface area contributed by atoms with Crippen LogP contribution in [-0.2, 0) is 11.3 Å². The number of aromatic amines is 1. The summed E-state index contributed by atoms with van der Waals surface area (Å²) >= 11 is 5.31. The number of carbonyl (C=O) groups excluding carboxylic acids is 1. The molecule has 0 aliphatic heterocycles. The number of hydrogen-bond acceptors (Lipinski definition) is 3. The van der Waals surface area contributed by atoms with Crippen LogP contribution in [0, 0.1) is 34.4 Å². The Morgan fingerprint density at radius 2 is 1.83 bits per heavy atom. The quantitative estimate of drug-likeness (QED) is 0.833. The van der Waals surface area contributed by atoms with Gasteiger partial charge in [0.2, 0.25) is 5.91 Å². The van der Waals surface area contributed by atoms with Gasteiger partial charge in [-0.15, -0.1) is 0 Å². The molecule has 0 unspecified atom stereocenters. The third-order valence-corrected chi connectivity index (χ3v) is 6.93. The van der Waals surface area contributed by atoms with Gasteiger partial charge in [0, 0.05) is 12.0 Å². The largest absolute Gasteiger partial charge is 0.349 e. The maximum absolute atomic E-state index is 12.8. The van der Waals surface area contributed by atoms with E-state index in [1.165, 1.54) is 44.9 Å².